The molecule has 2 fully saturated rings. The van der Waals surface area contributed by atoms with Gasteiger partial charge in [0.1, 0.15) is 28.7 Å². The Labute approximate surface area is 284 Å². The number of aliphatic hydroxyl groups excluding tert-OH is 1. The quantitative estimate of drug-likeness (QED) is 0.201. The van der Waals surface area contributed by atoms with Gasteiger partial charge in [0.2, 0.25) is 0 Å². The van der Waals surface area contributed by atoms with Gasteiger partial charge in [0, 0.05) is 63.6 Å². The van der Waals surface area contributed by atoms with Crippen molar-refractivity contribution >= 4 is 22.8 Å². The molecule has 13 heteroatoms. The van der Waals surface area contributed by atoms with Crippen LogP contribution in [0, 0.1) is 17.1 Å². The van der Waals surface area contributed by atoms with Crippen LogP contribution in [0.4, 0.5) is 10.2 Å². The highest BCUT2D eigenvalue weighted by Crippen LogP contribution is 2.31. The first-order valence-electron chi connectivity index (χ1n) is 16.5. The number of pyridine rings is 1. The van der Waals surface area contributed by atoms with Crippen LogP contribution < -0.4 is 16.2 Å². The second kappa shape index (κ2) is 14.2. The molecule has 0 unspecified atom stereocenters. The minimum Gasteiger partial charge on any atom is -0.454 e. The van der Waals surface area contributed by atoms with E-state index in [1.165, 1.54) is 22.9 Å². The van der Waals surface area contributed by atoms with Gasteiger partial charge in [-0.1, -0.05) is 18.2 Å². The Kier molecular flexibility index (Phi) is 9.82. The van der Waals surface area contributed by atoms with Crippen LogP contribution in [0.15, 0.2) is 77.2 Å². The van der Waals surface area contributed by atoms with Crippen LogP contribution >= 0.6 is 0 Å². The first-order chi connectivity index (χ1) is 23.6. The molecule has 2 saturated heterocycles. The van der Waals surface area contributed by atoms with E-state index in [-0.39, 0.29) is 41.9 Å². The lowest BCUT2D eigenvalue weighted by Crippen LogP contribution is -2.54. The lowest BCUT2D eigenvalue weighted by atomic mass is 9.96. The Morgan fingerprint density at radius 2 is 1.90 bits per heavy atom. The summed E-state index contributed by atoms with van der Waals surface area (Å²) in [6.07, 6.45) is 4.48. The van der Waals surface area contributed by atoms with E-state index in [2.05, 4.69) is 20.9 Å². The van der Waals surface area contributed by atoms with Crippen molar-refractivity contribution in [1.82, 2.24) is 28.8 Å². The largest absolute Gasteiger partial charge is 0.454 e. The summed E-state index contributed by atoms with van der Waals surface area (Å²) in [5.41, 5.74) is 6.49. The van der Waals surface area contributed by atoms with Crippen LogP contribution in [0.1, 0.15) is 32.7 Å². The first-order valence-corrected chi connectivity index (χ1v) is 16.5. The molecule has 6 rings (SSSR count). The number of nitrogens with two attached hydrogens (primary N) is 1. The fourth-order valence-corrected chi connectivity index (χ4v) is 6.90. The number of benzene rings is 2. The number of aliphatic hydroxyl groups is 1. The zero-order chi connectivity index (χ0) is 34.7. The summed E-state index contributed by atoms with van der Waals surface area (Å²) >= 11 is 0. The number of nitrogen functional groups attached to an aromatic ring is 1. The molecule has 4 aromatic rings. The normalized spacial score (nSPS) is 18.1. The van der Waals surface area contributed by atoms with Gasteiger partial charge >= 0.3 is 5.69 Å². The number of ether oxygens (including phenoxy) is 1. The average molecular weight is 669 g/mol. The van der Waals surface area contributed by atoms with Gasteiger partial charge < -0.3 is 20.5 Å². The third kappa shape index (κ3) is 6.94. The van der Waals surface area contributed by atoms with Gasteiger partial charge in [-0.2, -0.15) is 5.26 Å². The first kappa shape index (κ1) is 33.9. The van der Waals surface area contributed by atoms with Crippen molar-refractivity contribution in [2.75, 3.05) is 58.2 Å². The second-order valence-corrected chi connectivity index (χ2v) is 13.0. The molecular formula is C36H41FN8O4. The van der Waals surface area contributed by atoms with E-state index in [0.29, 0.717) is 42.7 Å². The van der Waals surface area contributed by atoms with Crippen LogP contribution in [-0.4, -0.2) is 97.8 Å². The van der Waals surface area contributed by atoms with Crippen molar-refractivity contribution < 1.29 is 19.0 Å². The van der Waals surface area contributed by atoms with Gasteiger partial charge in [-0.15, -0.1) is 0 Å². The molecule has 12 nitrogen and oxygen atoms in total. The van der Waals surface area contributed by atoms with Crippen molar-refractivity contribution in [3.63, 3.8) is 0 Å². The number of carbonyl (C=O) groups is 1. The number of piperazine rings is 1. The molecule has 2 aliphatic heterocycles. The molecule has 0 aliphatic carbocycles. The topological polar surface area (TPSA) is 146 Å². The number of carbonyl (C=O) groups excluding carboxylic acids is 1. The minimum absolute atomic E-state index is 0.00718. The van der Waals surface area contributed by atoms with Crippen molar-refractivity contribution in [2.45, 2.75) is 38.3 Å². The van der Waals surface area contributed by atoms with Crippen LogP contribution in [0.3, 0.4) is 0 Å². The average Bonchev–Trinajstić information content (AvgIpc) is 3.41. The molecule has 0 bridgehead atoms. The van der Waals surface area contributed by atoms with Gasteiger partial charge in [0.25, 0.3) is 5.91 Å². The Morgan fingerprint density at radius 3 is 2.59 bits per heavy atom. The van der Waals surface area contributed by atoms with E-state index in [1.807, 2.05) is 19.9 Å². The molecule has 0 spiro atoms. The molecule has 0 radical (unpaired) electrons. The summed E-state index contributed by atoms with van der Waals surface area (Å²) < 4.78 is 24.0. The number of para-hydroxylation sites is 1. The number of β-amino-alcohol motifs (C(OH)–C–C–N with tert-alkyl or cyclic N) is 1. The van der Waals surface area contributed by atoms with Crippen molar-refractivity contribution in [3.05, 3.63) is 88.7 Å². The van der Waals surface area contributed by atoms with E-state index in [1.54, 1.807) is 51.9 Å². The van der Waals surface area contributed by atoms with Crippen molar-refractivity contribution in [1.29, 1.82) is 5.26 Å². The van der Waals surface area contributed by atoms with Crippen molar-refractivity contribution in [2.24, 2.45) is 0 Å². The highest BCUT2D eigenvalue weighted by molar-refractivity contribution is 5.97. The summed E-state index contributed by atoms with van der Waals surface area (Å²) in [4.78, 5) is 38.3. The van der Waals surface area contributed by atoms with Gasteiger partial charge in [0.05, 0.1) is 23.9 Å². The molecule has 2 aromatic carbocycles. The van der Waals surface area contributed by atoms with Crippen molar-refractivity contribution in [3.8, 4) is 23.3 Å². The summed E-state index contributed by atoms with van der Waals surface area (Å²) in [5, 5.41) is 19.4. The number of nitriles is 1. The number of rotatable bonds is 9. The number of imidazole rings is 1. The minimum atomic E-state index is -0.656. The van der Waals surface area contributed by atoms with E-state index in [0.717, 1.165) is 26.2 Å². The number of piperidine rings is 1. The van der Waals surface area contributed by atoms with E-state index in [4.69, 9.17) is 10.5 Å². The van der Waals surface area contributed by atoms with Crippen LogP contribution in [-0.2, 0) is 4.79 Å². The van der Waals surface area contributed by atoms with Crippen LogP contribution in [0.25, 0.3) is 16.7 Å². The highest BCUT2D eigenvalue weighted by atomic mass is 19.1. The number of nitrogens with zero attached hydrogens (tertiary/aromatic N) is 7. The lowest BCUT2D eigenvalue weighted by molar-refractivity contribution is -0.128. The molecule has 1 amide bonds. The van der Waals surface area contributed by atoms with Gasteiger partial charge in [-0.05, 0) is 63.1 Å². The predicted octanol–water partition coefficient (Wildman–Crippen LogP) is 3.70. The predicted molar refractivity (Wildman–Crippen MR) is 184 cm³/mol. The standard InChI is InChI=1S/C36H41FN8O4/c1-36(2,43-17-15-41(16-18-43)19-20-46)22-25(23-38)34(47)42-14-6-7-27(24-42)44-30-12-13-40-33(39)32(30)45(35(44)48)26-10-11-31(29(37)21-26)49-28-8-4-3-5-9-28/h3-5,8-13,21-22,27,46H,6-7,14-20,24H2,1-2H3,(H2,39,40)/t27-/m1/s1. The lowest BCUT2D eigenvalue weighted by Gasteiger charge is -2.43. The maximum atomic E-state index is 15.4. The SMILES string of the molecule is CC(C)(C=C(C#N)C(=O)N1CCC[C@@H](n2c(=O)n(-c3ccc(Oc4ccccc4)c(F)c3)c3c(N)nccc32)C1)N1CCN(CCO)CC1. The summed E-state index contributed by atoms with van der Waals surface area (Å²) in [6.45, 7) is 8.46. The smallest absolute Gasteiger partial charge is 0.334 e. The molecule has 3 N–H and O–H groups in total. The Balaban J connectivity index is 1.27. The van der Waals surface area contributed by atoms with Gasteiger partial charge in [-0.3, -0.25) is 23.7 Å². The number of amides is 1. The fraction of sp³-hybridized carbons (Fsp3) is 0.389. The Morgan fingerprint density at radius 1 is 1.14 bits per heavy atom. The zero-order valence-corrected chi connectivity index (χ0v) is 27.8. The van der Waals surface area contributed by atoms with Crippen LogP contribution in [0.5, 0.6) is 11.5 Å². The number of aromatic nitrogens is 3. The molecular weight excluding hydrogens is 627 g/mol. The number of fused-ring (bicyclic) bond motifs is 1. The number of halogens is 1. The van der Waals surface area contributed by atoms with E-state index >= 15 is 4.39 Å². The molecule has 2 aliphatic rings. The molecule has 256 valence electrons. The third-order valence-electron chi connectivity index (χ3n) is 9.46. The van der Waals surface area contributed by atoms with E-state index < -0.39 is 23.1 Å². The van der Waals surface area contributed by atoms with Gasteiger partial charge in [0.15, 0.2) is 11.6 Å². The number of hydrogen-bond acceptors (Lipinski definition) is 9. The highest BCUT2D eigenvalue weighted by Gasteiger charge is 2.33. The summed E-state index contributed by atoms with van der Waals surface area (Å²) in [6, 6.07) is 16.5. The molecule has 0 saturated carbocycles. The number of hydrogen-bond donors (Lipinski definition) is 2. The molecule has 49 heavy (non-hydrogen) atoms. The molecule has 2 aromatic heterocycles. The second-order valence-electron chi connectivity index (χ2n) is 13.0. The van der Waals surface area contributed by atoms with Gasteiger partial charge in [-0.25, -0.2) is 14.2 Å². The Bertz CT molecular complexity index is 1960. The number of anilines is 1. The fourth-order valence-electron chi connectivity index (χ4n) is 6.90. The summed E-state index contributed by atoms with van der Waals surface area (Å²) in [7, 11) is 0. The Hall–Kier alpha value is -5.03. The third-order valence-corrected chi connectivity index (χ3v) is 9.46. The molecule has 1 atom stereocenters. The maximum Gasteiger partial charge on any atom is 0.334 e. The molecule has 4 heterocycles. The maximum absolute atomic E-state index is 15.4. The summed E-state index contributed by atoms with van der Waals surface area (Å²) in [5.74, 6) is -0.447. The monoisotopic (exact) mass is 668 g/mol. The number of likely N-dealkylation sites (tertiary alicyclic amines) is 1. The zero-order valence-electron chi connectivity index (χ0n) is 27.8. The van der Waals surface area contributed by atoms with E-state index in [9.17, 15) is 20.0 Å². The van der Waals surface area contributed by atoms with Crippen LogP contribution in [0.2, 0.25) is 0 Å².